The van der Waals surface area contributed by atoms with Crippen LogP contribution < -0.4 is 5.73 Å². The van der Waals surface area contributed by atoms with Crippen molar-refractivity contribution in [1.29, 1.82) is 0 Å². The van der Waals surface area contributed by atoms with Gasteiger partial charge in [0.1, 0.15) is 5.82 Å². The highest BCUT2D eigenvalue weighted by Crippen LogP contribution is 2.23. The van der Waals surface area contributed by atoms with Crippen molar-refractivity contribution < 1.29 is 19.0 Å². The first-order chi connectivity index (χ1) is 6.06. The summed E-state index contributed by atoms with van der Waals surface area (Å²) in [6.45, 7) is -0.485. The van der Waals surface area contributed by atoms with Crippen LogP contribution in [0, 0.1) is 11.6 Å². The number of halogens is 2. The molecule has 0 aromatic heterocycles. The maximum atomic E-state index is 13.0. The quantitative estimate of drug-likeness (QED) is 0.640. The summed E-state index contributed by atoms with van der Waals surface area (Å²) in [4.78, 5) is 0. The monoisotopic (exact) mass is 189 g/mol. The standard InChI is InChI=1S/C8H9F2NO2/c9-5-2-8(13)6(10)1-4(5)7(11)3-12/h1-2,7,12-13H,3,11H2/t7-/m1/s1. The summed E-state index contributed by atoms with van der Waals surface area (Å²) < 4.78 is 25.7. The van der Waals surface area contributed by atoms with Crippen LogP contribution in [-0.2, 0) is 0 Å². The van der Waals surface area contributed by atoms with E-state index >= 15 is 0 Å². The van der Waals surface area contributed by atoms with E-state index in [-0.39, 0.29) is 5.56 Å². The minimum atomic E-state index is -0.977. The smallest absolute Gasteiger partial charge is 0.165 e. The van der Waals surface area contributed by atoms with Gasteiger partial charge in [-0.1, -0.05) is 0 Å². The van der Waals surface area contributed by atoms with Crippen molar-refractivity contribution in [1.82, 2.24) is 0 Å². The van der Waals surface area contributed by atoms with Gasteiger partial charge in [-0.2, -0.15) is 0 Å². The number of aliphatic hydroxyl groups excluding tert-OH is 1. The normalized spacial score (nSPS) is 12.9. The summed E-state index contributed by atoms with van der Waals surface area (Å²) in [6, 6.07) is 0.418. The number of aliphatic hydroxyl groups is 1. The lowest BCUT2D eigenvalue weighted by atomic mass is 10.1. The molecule has 3 nitrogen and oxygen atoms in total. The molecule has 0 saturated heterocycles. The van der Waals surface area contributed by atoms with Gasteiger partial charge in [-0.25, -0.2) is 8.78 Å². The average molecular weight is 189 g/mol. The third-order valence-corrected chi connectivity index (χ3v) is 1.66. The van der Waals surface area contributed by atoms with E-state index in [2.05, 4.69) is 0 Å². The highest BCUT2D eigenvalue weighted by Gasteiger charge is 2.14. The molecule has 0 fully saturated rings. The SMILES string of the molecule is N[C@H](CO)c1cc(F)c(O)cc1F. The molecule has 0 aliphatic rings. The van der Waals surface area contributed by atoms with E-state index in [1.54, 1.807) is 0 Å². The second kappa shape index (κ2) is 3.68. The molecule has 4 N–H and O–H groups in total. The Bertz CT molecular complexity index is 317. The van der Waals surface area contributed by atoms with Crippen LogP contribution in [0.15, 0.2) is 12.1 Å². The van der Waals surface area contributed by atoms with E-state index < -0.39 is 30.0 Å². The Labute approximate surface area is 73.4 Å². The maximum absolute atomic E-state index is 13.0. The molecule has 1 aromatic carbocycles. The summed E-state index contributed by atoms with van der Waals surface area (Å²) in [7, 11) is 0. The highest BCUT2D eigenvalue weighted by atomic mass is 19.1. The van der Waals surface area contributed by atoms with Crippen LogP contribution in [0.4, 0.5) is 8.78 Å². The molecule has 13 heavy (non-hydrogen) atoms. The lowest BCUT2D eigenvalue weighted by molar-refractivity contribution is 0.264. The number of aromatic hydroxyl groups is 1. The first-order valence-electron chi connectivity index (χ1n) is 3.60. The van der Waals surface area contributed by atoms with Crippen LogP contribution in [0.3, 0.4) is 0 Å². The Morgan fingerprint density at radius 2 is 1.92 bits per heavy atom. The third kappa shape index (κ3) is 1.93. The predicted molar refractivity (Wildman–Crippen MR) is 42.0 cm³/mol. The molecule has 1 atom stereocenters. The second-order valence-corrected chi connectivity index (χ2v) is 2.61. The number of hydrogen-bond acceptors (Lipinski definition) is 3. The minimum Gasteiger partial charge on any atom is -0.505 e. The number of benzene rings is 1. The van der Waals surface area contributed by atoms with Crippen molar-refractivity contribution in [3.8, 4) is 5.75 Å². The van der Waals surface area contributed by atoms with Gasteiger partial charge in [0, 0.05) is 11.6 Å². The van der Waals surface area contributed by atoms with Crippen molar-refractivity contribution in [3.05, 3.63) is 29.3 Å². The third-order valence-electron chi connectivity index (χ3n) is 1.66. The Kier molecular flexibility index (Phi) is 2.79. The van der Waals surface area contributed by atoms with Crippen molar-refractivity contribution in [2.24, 2.45) is 5.73 Å². The summed E-state index contributed by atoms with van der Waals surface area (Å²) in [5.74, 6) is -2.56. The van der Waals surface area contributed by atoms with Gasteiger partial charge in [-0.3, -0.25) is 0 Å². The van der Waals surface area contributed by atoms with Crippen molar-refractivity contribution in [3.63, 3.8) is 0 Å². The zero-order valence-corrected chi connectivity index (χ0v) is 6.67. The van der Waals surface area contributed by atoms with Gasteiger partial charge >= 0.3 is 0 Å². The molecular weight excluding hydrogens is 180 g/mol. The lowest BCUT2D eigenvalue weighted by Crippen LogP contribution is -2.16. The molecule has 0 aliphatic carbocycles. The summed E-state index contributed by atoms with van der Waals surface area (Å²) >= 11 is 0. The first-order valence-corrected chi connectivity index (χ1v) is 3.60. The Balaban J connectivity index is 3.15. The Morgan fingerprint density at radius 3 is 2.46 bits per heavy atom. The van der Waals surface area contributed by atoms with Crippen LogP contribution in [0.5, 0.6) is 5.75 Å². The number of phenolic OH excluding ortho intramolecular Hbond substituents is 1. The van der Waals surface area contributed by atoms with Gasteiger partial charge in [-0.15, -0.1) is 0 Å². The van der Waals surface area contributed by atoms with Crippen LogP contribution >= 0.6 is 0 Å². The van der Waals surface area contributed by atoms with E-state index in [9.17, 15) is 8.78 Å². The number of nitrogens with two attached hydrogens (primary N) is 1. The number of phenols is 1. The topological polar surface area (TPSA) is 66.5 Å². The molecule has 0 spiro atoms. The van der Waals surface area contributed by atoms with Crippen LogP contribution in [-0.4, -0.2) is 16.8 Å². The molecule has 1 rings (SSSR count). The van der Waals surface area contributed by atoms with Crippen LogP contribution in [0.1, 0.15) is 11.6 Å². The van der Waals surface area contributed by atoms with E-state index in [1.807, 2.05) is 0 Å². The Hall–Kier alpha value is -1.20. The molecular formula is C8H9F2NO2. The zero-order chi connectivity index (χ0) is 10.0. The molecule has 5 heteroatoms. The zero-order valence-electron chi connectivity index (χ0n) is 6.67. The summed E-state index contributed by atoms with van der Waals surface area (Å²) in [5.41, 5.74) is 5.12. The molecule has 72 valence electrons. The number of rotatable bonds is 2. The fourth-order valence-corrected chi connectivity index (χ4v) is 0.934. The molecule has 0 radical (unpaired) electrons. The van der Waals surface area contributed by atoms with Gasteiger partial charge in [0.25, 0.3) is 0 Å². The van der Waals surface area contributed by atoms with E-state index in [1.165, 1.54) is 0 Å². The van der Waals surface area contributed by atoms with Crippen molar-refractivity contribution >= 4 is 0 Å². The van der Waals surface area contributed by atoms with Gasteiger partial charge in [0.15, 0.2) is 11.6 Å². The van der Waals surface area contributed by atoms with E-state index in [4.69, 9.17) is 15.9 Å². The molecule has 0 amide bonds. The highest BCUT2D eigenvalue weighted by molar-refractivity contribution is 5.31. The summed E-state index contributed by atoms with van der Waals surface area (Å²) in [6.07, 6.45) is 0. The van der Waals surface area contributed by atoms with E-state index in [0.29, 0.717) is 6.07 Å². The summed E-state index contributed by atoms with van der Waals surface area (Å²) in [5, 5.41) is 17.4. The maximum Gasteiger partial charge on any atom is 0.165 e. The molecule has 0 heterocycles. The fraction of sp³-hybridized carbons (Fsp3) is 0.250. The lowest BCUT2D eigenvalue weighted by Gasteiger charge is -2.09. The fourth-order valence-electron chi connectivity index (χ4n) is 0.934. The molecule has 0 bridgehead atoms. The molecule has 0 saturated carbocycles. The van der Waals surface area contributed by atoms with Crippen LogP contribution in [0.2, 0.25) is 0 Å². The Morgan fingerprint density at radius 1 is 1.31 bits per heavy atom. The van der Waals surface area contributed by atoms with Crippen LogP contribution in [0.25, 0.3) is 0 Å². The molecule has 0 unspecified atom stereocenters. The van der Waals surface area contributed by atoms with Crippen molar-refractivity contribution in [2.75, 3.05) is 6.61 Å². The predicted octanol–water partition coefficient (Wildman–Crippen LogP) is 0.662. The van der Waals surface area contributed by atoms with Gasteiger partial charge < -0.3 is 15.9 Å². The largest absolute Gasteiger partial charge is 0.505 e. The van der Waals surface area contributed by atoms with Gasteiger partial charge in [0.05, 0.1) is 12.6 Å². The average Bonchev–Trinajstić information content (AvgIpc) is 2.10. The molecule has 1 aromatic rings. The van der Waals surface area contributed by atoms with Gasteiger partial charge in [0.2, 0.25) is 0 Å². The number of hydrogen-bond donors (Lipinski definition) is 3. The van der Waals surface area contributed by atoms with E-state index in [0.717, 1.165) is 6.07 Å². The van der Waals surface area contributed by atoms with Gasteiger partial charge in [-0.05, 0) is 6.07 Å². The van der Waals surface area contributed by atoms with Crippen molar-refractivity contribution in [2.45, 2.75) is 6.04 Å². The minimum absolute atomic E-state index is 0.155. The second-order valence-electron chi connectivity index (χ2n) is 2.61. The molecule has 0 aliphatic heterocycles. The first kappa shape index (κ1) is 9.88.